The number of nitrogens with zero attached hydrogens (tertiary/aromatic N) is 2. The summed E-state index contributed by atoms with van der Waals surface area (Å²) in [6, 6.07) is 3.19. The van der Waals surface area contributed by atoms with Crippen molar-refractivity contribution in [3.05, 3.63) is 35.0 Å². The molecule has 0 radical (unpaired) electrons. The molecule has 0 spiro atoms. The average molecular weight is 296 g/mol. The molecule has 0 saturated carbocycles. The van der Waals surface area contributed by atoms with Gasteiger partial charge in [-0.1, -0.05) is 5.16 Å². The van der Waals surface area contributed by atoms with Crippen LogP contribution in [0.15, 0.2) is 21.6 Å². The number of hydrogen-bond donors (Lipinski definition) is 2. The molecule has 0 fully saturated rings. The maximum Gasteiger partial charge on any atom is 0.243 e. The van der Waals surface area contributed by atoms with Gasteiger partial charge in [0.15, 0.2) is 5.82 Å². The third-order valence-corrected chi connectivity index (χ3v) is 4.36. The lowest BCUT2D eigenvalue weighted by molar-refractivity contribution is 0.387. The fourth-order valence-corrected chi connectivity index (χ4v) is 2.87. The number of aryl methyl sites for hydroxylation is 3. The highest BCUT2D eigenvalue weighted by molar-refractivity contribution is 7.89. The molecular formula is C12H16N4O3S. The number of nitrogens with one attached hydrogen (secondary N) is 1. The van der Waals surface area contributed by atoms with Crippen LogP contribution in [0.4, 0.5) is 5.69 Å². The Kier molecular flexibility index (Phi) is 3.78. The molecule has 2 aromatic rings. The topological polar surface area (TPSA) is 111 Å². The van der Waals surface area contributed by atoms with Crippen molar-refractivity contribution in [3.8, 4) is 0 Å². The molecule has 0 aliphatic heterocycles. The maximum absolute atomic E-state index is 12.2. The van der Waals surface area contributed by atoms with Crippen LogP contribution in [0, 0.1) is 20.8 Å². The lowest BCUT2D eigenvalue weighted by Crippen LogP contribution is -2.25. The molecule has 0 aliphatic rings. The Bertz CT molecular complexity index is 737. The van der Waals surface area contributed by atoms with Crippen LogP contribution in [0.25, 0.3) is 0 Å². The van der Waals surface area contributed by atoms with Gasteiger partial charge in [0.25, 0.3) is 0 Å². The minimum atomic E-state index is -3.72. The molecule has 3 N–H and O–H groups in total. The first kappa shape index (κ1) is 14.5. The number of aromatic nitrogens is 2. The van der Waals surface area contributed by atoms with Crippen LogP contribution in [-0.2, 0) is 16.6 Å². The quantitative estimate of drug-likeness (QED) is 0.816. The zero-order chi connectivity index (χ0) is 14.9. The lowest BCUT2D eigenvalue weighted by atomic mass is 10.1. The van der Waals surface area contributed by atoms with E-state index >= 15 is 0 Å². The minimum Gasteiger partial charge on any atom is -0.398 e. The first-order chi connectivity index (χ1) is 9.29. The van der Waals surface area contributed by atoms with Crippen molar-refractivity contribution >= 4 is 15.7 Å². The predicted octanol–water partition coefficient (Wildman–Crippen LogP) is 1.06. The van der Waals surface area contributed by atoms with Crippen LogP contribution < -0.4 is 10.5 Å². The molecular weight excluding hydrogens is 280 g/mol. The summed E-state index contributed by atoms with van der Waals surface area (Å²) in [5.74, 6) is 0.651. The van der Waals surface area contributed by atoms with Gasteiger partial charge in [0, 0.05) is 6.92 Å². The van der Waals surface area contributed by atoms with E-state index in [4.69, 9.17) is 10.3 Å². The number of rotatable bonds is 4. The van der Waals surface area contributed by atoms with Gasteiger partial charge < -0.3 is 10.3 Å². The van der Waals surface area contributed by atoms with Gasteiger partial charge in [0.05, 0.1) is 12.2 Å². The van der Waals surface area contributed by atoms with E-state index in [1.807, 2.05) is 13.8 Å². The molecule has 0 bridgehead atoms. The van der Waals surface area contributed by atoms with Gasteiger partial charge in [-0.2, -0.15) is 4.98 Å². The molecule has 0 aliphatic carbocycles. The summed E-state index contributed by atoms with van der Waals surface area (Å²) in [6.45, 7) is 5.28. The van der Waals surface area contributed by atoms with Crippen LogP contribution in [0.1, 0.15) is 22.8 Å². The number of anilines is 1. The number of nitrogen functional groups attached to an aromatic ring is 1. The van der Waals surface area contributed by atoms with Crippen molar-refractivity contribution in [1.29, 1.82) is 0 Å². The Hall–Kier alpha value is -1.93. The summed E-state index contributed by atoms with van der Waals surface area (Å²) in [4.78, 5) is 3.98. The number of sulfonamides is 1. The highest BCUT2D eigenvalue weighted by Gasteiger charge is 2.19. The monoisotopic (exact) mass is 296 g/mol. The van der Waals surface area contributed by atoms with E-state index in [2.05, 4.69) is 14.9 Å². The second-order valence-corrected chi connectivity index (χ2v) is 6.26. The van der Waals surface area contributed by atoms with Crippen molar-refractivity contribution in [2.45, 2.75) is 32.2 Å². The molecule has 2 rings (SSSR count). The van der Waals surface area contributed by atoms with Gasteiger partial charge in [0.1, 0.15) is 4.90 Å². The Morgan fingerprint density at radius 3 is 2.50 bits per heavy atom. The van der Waals surface area contributed by atoms with Crippen molar-refractivity contribution in [2.24, 2.45) is 0 Å². The third-order valence-electron chi connectivity index (χ3n) is 2.91. The van der Waals surface area contributed by atoms with E-state index in [1.54, 1.807) is 19.1 Å². The highest BCUT2D eigenvalue weighted by atomic mass is 32.2. The molecule has 0 amide bonds. The molecule has 108 valence electrons. The second-order valence-electron chi connectivity index (χ2n) is 4.53. The van der Waals surface area contributed by atoms with Crippen LogP contribution in [-0.4, -0.2) is 18.6 Å². The number of benzene rings is 1. The van der Waals surface area contributed by atoms with Gasteiger partial charge in [0.2, 0.25) is 15.9 Å². The Morgan fingerprint density at radius 1 is 1.25 bits per heavy atom. The van der Waals surface area contributed by atoms with Crippen LogP contribution in [0.3, 0.4) is 0 Å². The number of nitrogens with two attached hydrogens (primary N) is 1. The summed E-state index contributed by atoms with van der Waals surface area (Å²) in [5.41, 5.74) is 7.79. The van der Waals surface area contributed by atoms with E-state index in [1.165, 1.54) is 0 Å². The summed E-state index contributed by atoms with van der Waals surface area (Å²) in [7, 11) is -3.72. The molecule has 1 heterocycles. The van der Waals surface area contributed by atoms with Crippen LogP contribution in [0.2, 0.25) is 0 Å². The van der Waals surface area contributed by atoms with Crippen molar-refractivity contribution in [3.63, 3.8) is 0 Å². The normalized spacial score (nSPS) is 11.8. The standard InChI is InChI=1S/C12H16N4O3S/c1-7-4-10(13)11(5-8(7)2)20(17,18)14-6-12-15-9(3)19-16-12/h4-5,14H,6,13H2,1-3H3. The first-order valence-electron chi connectivity index (χ1n) is 5.95. The van der Waals surface area contributed by atoms with E-state index in [-0.39, 0.29) is 23.0 Å². The molecule has 0 saturated heterocycles. The van der Waals surface area contributed by atoms with Gasteiger partial charge in [-0.3, -0.25) is 0 Å². The van der Waals surface area contributed by atoms with E-state index in [9.17, 15) is 8.42 Å². The minimum absolute atomic E-state index is 0.0496. The molecule has 8 heteroatoms. The van der Waals surface area contributed by atoms with Gasteiger partial charge in [-0.15, -0.1) is 0 Å². The fraction of sp³-hybridized carbons (Fsp3) is 0.333. The largest absolute Gasteiger partial charge is 0.398 e. The van der Waals surface area contributed by atoms with E-state index < -0.39 is 10.0 Å². The van der Waals surface area contributed by atoms with Crippen LogP contribution in [0.5, 0.6) is 0 Å². The average Bonchev–Trinajstić information content (AvgIpc) is 2.77. The van der Waals surface area contributed by atoms with Gasteiger partial charge >= 0.3 is 0 Å². The van der Waals surface area contributed by atoms with Crippen molar-refractivity contribution in [1.82, 2.24) is 14.9 Å². The summed E-state index contributed by atoms with van der Waals surface area (Å²) in [6.07, 6.45) is 0. The molecule has 1 aromatic carbocycles. The zero-order valence-corrected chi connectivity index (χ0v) is 12.3. The molecule has 0 atom stereocenters. The third kappa shape index (κ3) is 2.97. The fourth-order valence-electron chi connectivity index (χ4n) is 1.70. The van der Waals surface area contributed by atoms with E-state index in [0.717, 1.165) is 11.1 Å². The number of hydrogen-bond acceptors (Lipinski definition) is 6. The SMILES string of the molecule is Cc1nc(CNS(=O)(=O)c2cc(C)c(C)cc2N)no1. The molecule has 7 nitrogen and oxygen atoms in total. The second kappa shape index (κ2) is 5.22. The molecule has 0 unspecified atom stereocenters. The molecule has 20 heavy (non-hydrogen) atoms. The van der Waals surface area contributed by atoms with Crippen molar-refractivity contribution < 1.29 is 12.9 Å². The smallest absolute Gasteiger partial charge is 0.243 e. The first-order valence-corrected chi connectivity index (χ1v) is 7.43. The summed E-state index contributed by atoms with van der Waals surface area (Å²) >= 11 is 0. The summed E-state index contributed by atoms with van der Waals surface area (Å²) < 4.78 is 31.6. The van der Waals surface area contributed by atoms with Gasteiger partial charge in [-0.25, -0.2) is 13.1 Å². The zero-order valence-electron chi connectivity index (χ0n) is 11.5. The van der Waals surface area contributed by atoms with Gasteiger partial charge in [-0.05, 0) is 37.1 Å². The Morgan fingerprint density at radius 2 is 1.90 bits per heavy atom. The van der Waals surface area contributed by atoms with Crippen LogP contribution >= 0.6 is 0 Å². The Labute approximate surface area is 117 Å². The van der Waals surface area contributed by atoms with Crippen molar-refractivity contribution in [2.75, 3.05) is 5.73 Å². The summed E-state index contributed by atoms with van der Waals surface area (Å²) in [5, 5.41) is 3.62. The van der Waals surface area contributed by atoms with E-state index in [0.29, 0.717) is 5.89 Å². The Balaban J connectivity index is 2.24. The predicted molar refractivity (Wildman–Crippen MR) is 73.4 cm³/mol. The lowest BCUT2D eigenvalue weighted by Gasteiger charge is -2.10. The molecule has 1 aromatic heterocycles. The maximum atomic E-state index is 12.2. The highest BCUT2D eigenvalue weighted by Crippen LogP contribution is 2.22.